The van der Waals surface area contributed by atoms with Gasteiger partial charge < -0.3 is 5.73 Å². The van der Waals surface area contributed by atoms with Gasteiger partial charge in [-0.15, -0.1) is 0 Å². The summed E-state index contributed by atoms with van der Waals surface area (Å²) in [6.45, 7) is 0. The van der Waals surface area contributed by atoms with E-state index in [4.69, 9.17) is 5.73 Å². The fraction of sp³-hybridized carbons (Fsp3) is 0.667. The molecule has 2 fully saturated rings. The summed E-state index contributed by atoms with van der Waals surface area (Å²) in [7, 11) is 0. The van der Waals surface area contributed by atoms with Gasteiger partial charge >= 0.3 is 0 Å². The van der Waals surface area contributed by atoms with Crippen LogP contribution in [0.5, 0.6) is 0 Å². The number of nitrogens with two attached hydrogens (primary N) is 1. The molecule has 3 aliphatic carbocycles. The molecule has 0 amide bonds. The van der Waals surface area contributed by atoms with Crippen molar-refractivity contribution in [1.82, 2.24) is 0 Å². The molecule has 2 N–H and O–H groups in total. The van der Waals surface area contributed by atoms with Crippen LogP contribution in [0.25, 0.3) is 0 Å². The summed E-state index contributed by atoms with van der Waals surface area (Å²) < 4.78 is 14.1. The molecule has 0 spiro atoms. The number of rotatable bonds is 0. The van der Waals surface area contributed by atoms with E-state index in [0.29, 0.717) is 5.92 Å². The Balaban J connectivity index is 2.12. The quantitative estimate of drug-likeness (QED) is 0.628. The Morgan fingerprint density at radius 2 is 1.71 bits per heavy atom. The minimum absolute atomic E-state index is 0.145. The molecule has 0 aliphatic heterocycles. The van der Waals surface area contributed by atoms with E-state index in [-0.39, 0.29) is 11.7 Å². The largest absolute Gasteiger partial charge is 0.402 e. The Bertz CT molecular complexity index is 308. The molecule has 0 aromatic carbocycles. The molecule has 3 aliphatic rings. The van der Waals surface area contributed by atoms with Crippen molar-refractivity contribution in [3.63, 3.8) is 0 Å². The van der Waals surface area contributed by atoms with E-state index in [1.54, 1.807) is 0 Å². The van der Waals surface area contributed by atoms with Gasteiger partial charge in [-0.3, -0.25) is 0 Å². The molecule has 0 radical (unpaired) electrons. The highest BCUT2D eigenvalue weighted by atomic mass is 19.1. The maximum absolute atomic E-state index is 14.1. The maximum atomic E-state index is 14.1. The molecule has 0 aromatic rings. The smallest absolute Gasteiger partial charge is 0.107 e. The Labute approximate surface area is 83.9 Å². The van der Waals surface area contributed by atoms with Crippen LogP contribution in [0.15, 0.2) is 22.7 Å². The van der Waals surface area contributed by atoms with Crippen LogP contribution in [-0.2, 0) is 0 Å². The second-order valence-electron chi connectivity index (χ2n) is 4.76. The molecule has 0 heterocycles. The Morgan fingerprint density at radius 1 is 1.00 bits per heavy atom. The van der Waals surface area contributed by atoms with E-state index in [2.05, 4.69) is 0 Å². The lowest BCUT2D eigenvalue weighted by Gasteiger charge is -2.27. The summed E-state index contributed by atoms with van der Waals surface area (Å²) in [5.41, 5.74) is 9.32. The Hall–Kier alpha value is -0.790. The third-order valence-electron chi connectivity index (χ3n) is 4.10. The standard InChI is InChI=1S/C12H16FN/c13-11-7-3-1-5-9(7)12(14)10-6-2-4-8(10)11/h7,9H,1-6,14H2. The highest BCUT2D eigenvalue weighted by Gasteiger charge is 2.40. The molecular weight excluding hydrogens is 177 g/mol. The first-order chi connectivity index (χ1) is 6.79. The molecule has 1 nitrogen and oxygen atoms in total. The van der Waals surface area contributed by atoms with Crippen LogP contribution in [0.1, 0.15) is 38.5 Å². The Morgan fingerprint density at radius 3 is 2.57 bits per heavy atom. The number of allylic oxidation sites excluding steroid dienone is 4. The van der Waals surface area contributed by atoms with Crippen molar-refractivity contribution in [2.45, 2.75) is 38.5 Å². The van der Waals surface area contributed by atoms with E-state index in [1.165, 1.54) is 5.57 Å². The molecule has 0 bridgehead atoms. The van der Waals surface area contributed by atoms with Crippen LogP contribution < -0.4 is 5.73 Å². The molecule has 2 heteroatoms. The van der Waals surface area contributed by atoms with Gasteiger partial charge in [0.25, 0.3) is 0 Å². The average Bonchev–Trinajstić information content (AvgIpc) is 2.82. The third kappa shape index (κ3) is 0.943. The third-order valence-corrected chi connectivity index (χ3v) is 4.10. The first-order valence-electron chi connectivity index (χ1n) is 5.66. The molecule has 2 atom stereocenters. The summed E-state index contributed by atoms with van der Waals surface area (Å²) in [4.78, 5) is 0. The lowest BCUT2D eigenvalue weighted by Crippen LogP contribution is -2.23. The van der Waals surface area contributed by atoms with E-state index in [9.17, 15) is 4.39 Å². The van der Waals surface area contributed by atoms with Crippen molar-refractivity contribution in [1.29, 1.82) is 0 Å². The predicted octanol–water partition coefficient (Wildman–Crippen LogP) is 3.04. The van der Waals surface area contributed by atoms with Gasteiger partial charge in [-0.2, -0.15) is 0 Å². The minimum atomic E-state index is 0.145. The van der Waals surface area contributed by atoms with E-state index >= 15 is 0 Å². The van der Waals surface area contributed by atoms with Crippen molar-refractivity contribution < 1.29 is 4.39 Å². The summed E-state index contributed by atoms with van der Waals surface area (Å²) >= 11 is 0. The lowest BCUT2D eigenvalue weighted by molar-refractivity contribution is 0.388. The summed E-state index contributed by atoms with van der Waals surface area (Å²) in [5, 5.41) is 0. The fourth-order valence-corrected chi connectivity index (χ4v) is 3.41. The van der Waals surface area contributed by atoms with Crippen molar-refractivity contribution in [2.75, 3.05) is 0 Å². The molecule has 0 saturated heterocycles. The van der Waals surface area contributed by atoms with Gasteiger partial charge in [0.1, 0.15) is 5.83 Å². The normalized spacial score (nSPS) is 36.4. The van der Waals surface area contributed by atoms with Crippen LogP contribution >= 0.6 is 0 Å². The topological polar surface area (TPSA) is 26.0 Å². The number of hydrogen-bond acceptors (Lipinski definition) is 1. The van der Waals surface area contributed by atoms with Crippen molar-refractivity contribution in [3.8, 4) is 0 Å². The molecular formula is C12H16FN. The molecule has 3 rings (SSSR count). The minimum Gasteiger partial charge on any atom is -0.402 e. The van der Waals surface area contributed by atoms with Gasteiger partial charge in [-0.25, -0.2) is 4.39 Å². The van der Waals surface area contributed by atoms with Gasteiger partial charge in [0.2, 0.25) is 0 Å². The first kappa shape index (κ1) is 8.51. The summed E-state index contributed by atoms with van der Waals surface area (Å²) in [6, 6.07) is 0. The lowest BCUT2D eigenvalue weighted by atomic mass is 9.81. The van der Waals surface area contributed by atoms with Crippen LogP contribution in [-0.4, -0.2) is 0 Å². The average molecular weight is 193 g/mol. The molecule has 0 aromatic heterocycles. The fourth-order valence-electron chi connectivity index (χ4n) is 3.41. The molecule has 2 unspecified atom stereocenters. The molecule has 2 saturated carbocycles. The maximum Gasteiger partial charge on any atom is 0.107 e. The molecule has 14 heavy (non-hydrogen) atoms. The highest BCUT2D eigenvalue weighted by Crippen LogP contribution is 2.50. The van der Waals surface area contributed by atoms with E-state index in [0.717, 1.165) is 49.8 Å². The number of fused-ring (bicyclic) bond motifs is 2. The second kappa shape index (κ2) is 2.85. The van der Waals surface area contributed by atoms with Crippen LogP contribution in [0, 0.1) is 11.8 Å². The van der Waals surface area contributed by atoms with Crippen molar-refractivity contribution >= 4 is 0 Å². The number of halogens is 1. The second-order valence-corrected chi connectivity index (χ2v) is 4.76. The molecule has 76 valence electrons. The van der Waals surface area contributed by atoms with E-state index in [1.807, 2.05) is 0 Å². The van der Waals surface area contributed by atoms with Gasteiger partial charge in [-0.05, 0) is 43.3 Å². The summed E-state index contributed by atoms with van der Waals surface area (Å²) in [5.74, 6) is 0.674. The Kier molecular flexibility index (Phi) is 1.73. The van der Waals surface area contributed by atoms with Crippen LogP contribution in [0.2, 0.25) is 0 Å². The highest BCUT2D eigenvalue weighted by molar-refractivity contribution is 5.45. The van der Waals surface area contributed by atoms with Gasteiger partial charge in [0, 0.05) is 17.5 Å². The first-order valence-corrected chi connectivity index (χ1v) is 5.66. The van der Waals surface area contributed by atoms with Crippen molar-refractivity contribution in [2.24, 2.45) is 17.6 Å². The SMILES string of the molecule is NC1=C2CCCC2=C(F)C2CCCC12. The van der Waals surface area contributed by atoms with E-state index < -0.39 is 0 Å². The monoisotopic (exact) mass is 193 g/mol. The van der Waals surface area contributed by atoms with Gasteiger partial charge in [-0.1, -0.05) is 6.42 Å². The zero-order chi connectivity index (χ0) is 9.71. The van der Waals surface area contributed by atoms with Gasteiger partial charge in [0.05, 0.1) is 0 Å². The predicted molar refractivity (Wildman–Crippen MR) is 54.0 cm³/mol. The van der Waals surface area contributed by atoms with Gasteiger partial charge in [0.15, 0.2) is 0 Å². The van der Waals surface area contributed by atoms with Crippen LogP contribution in [0.4, 0.5) is 4.39 Å². The summed E-state index contributed by atoms with van der Waals surface area (Å²) in [6.07, 6.45) is 6.28. The van der Waals surface area contributed by atoms with Crippen LogP contribution in [0.3, 0.4) is 0 Å². The zero-order valence-corrected chi connectivity index (χ0v) is 8.35. The zero-order valence-electron chi connectivity index (χ0n) is 8.35. The number of hydrogen-bond donors (Lipinski definition) is 1. The van der Waals surface area contributed by atoms with Crippen molar-refractivity contribution in [3.05, 3.63) is 22.7 Å².